The number of ether oxygens (including phenoxy) is 1. The van der Waals surface area contributed by atoms with Crippen molar-refractivity contribution in [2.75, 3.05) is 18.4 Å². The van der Waals surface area contributed by atoms with Gasteiger partial charge in [0.05, 0.1) is 12.6 Å². The highest BCUT2D eigenvalue weighted by Crippen LogP contribution is 2.24. The molecule has 4 rings (SSSR count). The number of rotatable bonds is 7. The fourth-order valence-electron chi connectivity index (χ4n) is 3.77. The topological polar surface area (TPSA) is 80.5 Å². The van der Waals surface area contributed by atoms with Gasteiger partial charge in [-0.3, -0.25) is 9.69 Å². The summed E-state index contributed by atoms with van der Waals surface area (Å²) in [5.41, 5.74) is 1.68. The maximum Gasteiger partial charge on any atom is 0.241 e. The Bertz CT molecular complexity index is 1060. The molecule has 0 unspecified atom stereocenters. The Hall–Kier alpha value is -2.71. The molecule has 1 N–H and O–H groups in total. The summed E-state index contributed by atoms with van der Waals surface area (Å²) in [4.78, 5) is 19.5. The molecule has 8 heteroatoms. The summed E-state index contributed by atoms with van der Waals surface area (Å²) in [6, 6.07) is 15.4. The van der Waals surface area contributed by atoms with Crippen molar-refractivity contribution < 1.29 is 14.1 Å². The Morgan fingerprint density at radius 1 is 1.22 bits per heavy atom. The zero-order chi connectivity index (χ0) is 22.5. The molecule has 0 bridgehead atoms. The van der Waals surface area contributed by atoms with Gasteiger partial charge < -0.3 is 14.6 Å². The molecule has 1 saturated heterocycles. The molecular weight excluding hydrogens is 472 g/mol. The molecule has 1 aliphatic rings. The van der Waals surface area contributed by atoms with E-state index in [1.807, 2.05) is 62.4 Å². The normalized spacial score (nSPS) is 15.1. The molecular formula is C24H27BrN4O3. The summed E-state index contributed by atoms with van der Waals surface area (Å²) < 4.78 is 12.1. The number of nitrogens with one attached hydrogen (secondary N) is 1. The number of amides is 1. The summed E-state index contributed by atoms with van der Waals surface area (Å²) >= 11 is 3.46. The van der Waals surface area contributed by atoms with Crippen LogP contribution in [0.4, 0.5) is 5.69 Å². The van der Waals surface area contributed by atoms with Crippen molar-refractivity contribution in [1.29, 1.82) is 0 Å². The third-order valence-electron chi connectivity index (χ3n) is 5.34. The Labute approximate surface area is 196 Å². The predicted molar refractivity (Wildman–Crippen MR) is 126 cm³/mol. The van der Waals surface area contributed by atoms with E-state index in [2.05, 4.69) is 36.3 Å². The minimum atomic E-state index is -0.0131. The largest absolute Gasteiger partial charge is 0.491 e. The van der Waals surface area contributed by atoms with Gasteiger partial charge in [0, 0.05) is 27.7 Å². The average Bonchev–Trinajstić information content (AvgIpc) is 3.22. The van der Waals surface area contributed by atoms with Gasteiger partial charge in [0.2, 0.25) is 17.6 Å². The maximum absolute atomic E-state index is 12.7. The Balaban J connectivity index is 1.28. The van der Waals surface area contributed by atoms with Crippen molar-refractivity contribution in [2.45, 2.75) is 39.3 Å². The first-order valence-electron chi connectivity index (χ1n) is 10.8. The van der Waals surface area contributed by atoms with Crippen LogP contribution in [0.2, 0.25) is 0 Å². The van der Waals surface area contributed by atoms with E-state index in [-0.39, 0.29) is 17.9 Å². The predicted octanol–water partition coefficient (Wildman–Crippen LogP) is 5.14. The van der Waals surface area contributed by atoms with Crippen LogP contribution in [-0.4, -0.2) is 40.1 Å². The van der Waals surface area contributed by atoms with Crippen LogP contribution >= 0.6 is 15.9 Å². The minimum Gasteiger partial charge on any atom is -0.491 e. The standard InChI is InChI=1S/C24H27BrN4O3/c1-16(2)31-21-8-4-7-20(14-21)26-24(30)17-9-11-29(12-10-17)15-22-27-23(28-32-22)18-5-3-6-19(25)13-18/h3-8,13-14,16-17H,9-12,15H2,1-2H3,(H,26,30). The Morgan fingerprint density at radius 2 is 2.00 bits per heavy atom. The maximum atomic E-state index is 12.7. The number of likely N-dealkylation sites (tertiary alicyclic amines) is 1. The molecule has 0 radical (unpaired) electrons. The number of hydrogen-bond acceptors (Lipinski definition) is 6. The first-order chi connectivity index (χ1) is 15.5. The van der Waals surface area contributed by atoms with Crippen molar-refractivity contribution >= 4 is 27.5 Å². The molecule has 0 aliphatic carbocycles. The fourth-order valence-corrected chi connectivity index (χ4v) is 4.17. The summed E-state index contributed by atoms with van der Waals surface area (Å²) in [6.07, 6.45) is 1.68. The minimum absolute atomic E-state index is 0.0131. The molecule has 1 aromatic heterocycles. The van der Waals surface area contributed by atoms with Gasteiger partial charge in [-0.15, -0.1) is 0 Å². The monoisotopic (exact) mass is 498 g/mol. The molecule has 3 aromatic rings. The number of anilines is 1. The van der Waals surface area contributed by atoms with Crippen LogP contribution in [-0.2, 0) is 11.3 Å². The quantitative estimate of drug-likeness (QED) is 0.485. The number of halogens is 1. The van der Waals surface area contributed by atoms with Crippen LogP contribution in [0.3, 0.4) is 0 Å². The van der Waals surface area contributed by atoms with Gasteiger partial charge in [0.25, 0.3) is 0 Å². The lowest BCUT2D eigenvalue weighted by Gasteiger charge is -2.30. The molecule has 0 spiro atoms. The molecule has 1 fully saturated rings. The number of nitrogens with zero attached hydrogens (tertiary/aromatic N) is 3. The van der Waals surface area contributed by atoms with Crippen molar-refractivity contribution in [3.63, 3.8) is 0 Å². The van der Waals surface area contributed by atoms with Crippen molar-refractivity contribution in [3.05, 3.63) is 58.9 Å². The zero-order valence-electron chi connectivity index (χ0n) is 18.3. The van der Waals surface area contributed by atoms with Gasteiger partial charge >= 0.3 is 0 Å². The molecule has 7 nitrogen and oxygen atoms in total. The first-order valence-corrected chi connectivity index (χ1v) is 11.6. The molecule has 0 atom stereocenters. The van der Waals surface area contributed by atoms with Crippen molar-refractivity contribution in [2.24, 2.45) is 5.92 Å². The van der Waals surface area contributed by atoms with E-state index in [0.717, 1.165) is 47.4 Å². The summed E-state index contributed by atoms with van der Waals surface area (Å²) in [5.74, 6) is 1.97. The third kappa shape index (κ3) is 5.95. The highest BCUT2D eigenvalue weighted by Gasteiger charge is 2.26. The molecule has 1 amide bonds. The van der Waals surface area contributed by atoms with E-state index in [4.69, 9.17) is 9.26 Å². The van der Waals surface area contributed by atoms with E-state index in [1.54, 1.807) is 0 Å². The highest BCUT2D eigenvalue weighted by molar-refractivity contribution is 9.10. The number of benzene rings is 2. The molecule has 32 heavy (non-hydrogen) atoms. The molecule has 2 aromatic carbocycles. The van der Waals surface area contributed by atoms with Gasteiger partial charge in [-0.1, -0.05) is 39.3 Å². The van der Waals surface area contributed by atoms with Crippen LogP contribution in [0.25, 0.3) is 11.4 Å². The van der Waals surface area contributed by atoms with Crippen LogP contribution in [0, 0.1) is 5.92 Å². The third-order valence-corrected chi connectivity index (χ3v) is 5.83. The van der Waals surface area contributed by atoms with Crippen molar-refractivity contribution in [1.82, 2.24) is 15.0 Å². The van der Waals surface area contributed by atoms with Crippen molar-refractivity contribution in [3.8, 4) is 17.1 Å². The Kier molecular flexibility index (Phi) is 7.22. The molecule has 1 aliphatic heterocycles. The lowest BCUT2D eigenvalue weighted by molar-refractivity contribution is -0.121. The van der Waals surface area contributed by atoms with Gasteiger partial charge in [-0.2, -0.15) is 4.98 Å². The molecule has 168 valence electrons. The second-order valence-electron chi connectivity index (χ2n) is 8.26. The SMILES string of the molecule is CC(C)Oc1cccc(NC(=O)C2CCN(Cc3nc(-c4cccc(Br)c4)no3)CC2)c1. The van der Waals surface area contributed by atoms with E-state index in [9.17, 15) is 4.79 Å². The highest BCUT2D eigenvalue weighted by atomic mass is 79.9. The smallest absolute Gasteiger partial charge is 0.241 e. The number of piperidine rings is 1. The summed E-state index contributed by atoms with van der Waals surface area (Å²) in [5, 5.41) is 7.13. The second kappa shape index (κ2) is 10.3. The number of aromatic nitrogens is 2. The van der Waals surface area contributed by atoms with E-state index >= 15 is 0 Å². The molecule has 2 heterocycles. The number of carbonyl (C=O) groups excluding carboxylic acids is 1. The lowest BCUT2D eigenvalue weighted by atomic mass is 9.96. The first kappa shape index (κ1) is 22.5. The van der Waals surface area contributed by atoms with Crippen LogP contribution in [0.15, 0.2) is 57.5 Å². The number of carbonyl (C=O) groups is 1. The van der Waals surface area contributed by atoms with Crippen LogP contribution in [0.5, 0.6) is 5.75 Å². The summed E-state index contributed by atoms with van der Waals surface area (Å²) in [6.45, 7) is 6.17. The molecule has 0 saturated carbocycles. The van der Waals surface area contributed by atoms with Crippen LogP contribution in [0.1, 0.15) is 32.6 Å². The van der Waals surface area contributed by atoms with Gasteiger partial charge in [0.1, 0.15) is 5.75 Å². The zero-order valence-corrected chi connectivity index (χ0v) is 19.8. The van der Waals surface area contributed by atoms with E-state index < -0.39 is 0 Å². The average molecular weight is 499 g/mol. The Morgan fingerprint density at radius 3 is 2.75 bits per heavy atom. The van der Waals surface area contributed by atoms with Crippen LogP contribution < -0.4 is 10.1 Å². The number of hydrogen-bond donors (Lipinski definition) is 1. The fraction of sp³-hybridized carbons (Fsp3) is 0.375. The van der Waals surface area contributed by atoms with Gasteiger partial charge in [0.15, 0.2) is 0 Å². The second-order valence-corrected chi connectivity index (χ2v) is 9.17. The van der Waals surface area contributed by atoms with Gasteiger partial charge in [-0.05, 0) is 64.0 Å². The summed E-state index contributed by atoms with van der Waals surface area (Å²) in [7, 11) is 0. The van der Waals surface area contributed by atoms with Gasteiger partial charge in [-0.25, -0.2) is 0 Å². The van der Waals surface area contributed by atoms with E-state index in [0.29, 0.717) is 18.3 Å². The lowest BCUT2D eigenvalue weighted by Crippen LogP contribution is -2.37. The van der Waals surface area contributed by atoms with E-state index in [1.165, 1.54) is 0 Å².